The first-order valence-corrected chi connectivity index (χ1v) is 11.1. The second-order valence-corrected chi connectivity index (χ2v) is 7.79. The fourth-order valence-electron chi connectivity index (χ4n) is 3.73. The van der Waals surface area contributed by atoms with E-state index in [-0.39, 0.29) is 17.0 Å². The molecule has 0 radical (unpaired) electrons. The Morgan fingerprint density at radius 3 is 1.64 bits per heavy atom. The van der Waals surface area contributed by atoms with Crippen LogP contribution in [0.15, 0.2) is 12.4 Å². The lowest BCUT2D eigenvalue weighted by atomic mass is 10.0. The van der Waals surface area contributed by atoms with Crippen LogP contribution < -0.4 is 21.9 Å². The van der Waals surface area contributed by atoms with Gasteiger partial charge in [-0.15, -0.1) is 0 Å². The summed E-state index contributed by atoms with van der Waals surface area (Å²) in [4.78, 5) is 4.11. The maximum absolute atomic E-state index is 2.46. The summed E-state index contributed by atoms with van der Waals surface area (Å²) in [5.74, 6) is 0. The van der Waals surface area contributed by atoms with Crippen LogP contribution in [0.4, 0.5) is 0 Å². The molecule has 0 fully saturated rings. The summed E-state index contributed by atoms with van der Waals surface area (Å²) < 4.78 is 0. The highest BCUT2D eigenvalue weighted by molar-refractivity contribution is 4.77. The van der Waals surface area contributed by atoms with Crippen molar-refractivity contribution < 1.29 is 21.9 Å². The number of nitrogens with one attached hydrogen (secondary N) is 1. The molecule has 0 amide bonds. The summed E-state index contributed by atoms with van der Waals surface area (Å²) in [6.07, 6.45) is 26.2. The Morgan fingerprint density at radius 1 is 0.680 bits per heavy atom. The minimum absolute atomic E-state index is 0. The van der Waals surface area contributed by atoms with E-state index < -0.39 is 0 Å². The summed E-state index contributed by atoms with van der Waals surface area (Å²) in [7, 11) is 0. The average Bonchev–Trinajstić information content (AvgIpc) is 3.03. The fourth-order valence-corrected chi connectivity index (χ4v) is 3.73. The minimum atomic E-state index is 0. The Labute approximate surface area is 169 Å². The number of rotatable bonds is 17. The monoisotopic (exact) mass is 416 g/mol. The molecule has 150 valence electrons. The number of nitrogens with zero attached hydrogens (tertiary/aromatic N) is 1. The minimum Gasteiger partial charge on any atom is -1.00 e. The van der Waals surface area contributed by atoms with Gasteiger partial charge in [-0.25, -0.2) is 0 Å². The zero-order valence-corrected chi connectivity index (χ0v) is 18.8. The van der Waals surface area contributed by atoms with Crippen molar-refractivity contribution in [2.24, 2.45) is 0 Å². The Bertz CT molecular complexity index is 294. The van der Waals surface area contributed by atoms with Crippen molar-refractivity contribution in [2.45, 2.75) is 110 Å². The lowest BCUT2D eigenvalue weighted by Crippen LogP contribution is -3.07. The van der Waals surface area contributed by atoms with E-state index >= 15 is 0 Å². The first-order chi connectivity index (χ1) is 11.9. The van der Waals surface area contributed by atoms with Gasteiger partial charge in [-0.3, -0.25) is 4.90 Å². The van der Waals surface area contributed by atoms with Gasteiger partial charge in [-0.2, -0.15) is 0 Å². The standard InChI is InChI=1S/C22H44N2.BrH/c1-3-5-6-7-8-9-10-11-12-13-14-15-16-17-19-24-21-20-23(22-24)18-4-2;/h20-21H,3-19,22H2,1-2H3;1H. The van der Waals surface area contributed by atoms with E-state index in [1.54, 1.807) is 4.90 Å². The number of unbranched alkanes of at least 4 members (excludes halogenated alkanes) is 13. The third kappa shape index (κ3) is 14.8. The Morgan fingerprint density at radius 2 is 1.16 bits per heavy atom. The predicted octanol–water partition coefficient (Wildman–Crippen LogP) is 2.51. The van der Waals surface area contributed by atoms with Crippen molar-refractivity contribution in [3.63, 3.8) is 0 Å². The van der Waals surface area contributed by atoms with Gasteiger partial charge in [0.2, 0.25) is 0 Å². The van der Waals surface area contributed by atoms with Gasteiger partial charge in [0, 0.05) is 6.54 Å². The smallest absolute Gasteiger partial charge is 0.156 e. The molecule has 1 unspecified atom stereocenters. The van der Waals surface area contributed by atoms with Crippen molar-refractivity contribution in [2.75, 3.05) is 19.8 Å². The molecular formula is C22H45BrN2. The van der Waals surface area contributed by atoms with Crippen LogP contribution in [0.25, 0.3) is 0 Å². The van der Waals surface area contributed by atoms with Crippen molar-refractivity contribution in [1.29, 1.82) is 0 Å². The van der Waals surface area contributed by atoms with E-state index in [2.05, 4.69) is 31.1 Å². The van der Waals surface area contributed by atoms with Crippen molar-refractivity contribution in [3.8, 4) is 0 Å². The van der Waals surface area contributed by atoms with Crippen LogP contribution in [-0.2, 0) is 0 Å². The van der Waals surface area contributed by atoms with Gasteiger partial charge >= 0.3 is 0 Å². The molecule has 0 aromatic rings. The van der Waals surface area contributed by atoms with Crippen molar-refractivity contribution in [1.82, 2.24) is 4.90 Å². The van der Waals surface area contributed by atoms with Gasteiger partial charge in [-0.1, -0.05) is 90.9 Å². The highest BCUT2D eigenvalue weighted by Gasteiger charge is 2.14. The molecule has 1 heterocycles. The fraction of sp³-hybridized carbons (Fsp3) is 0.909. The summed E-state index contributed by atoms with van der Waals surface area (Å²) in [5, 5.41) is 0. The van der Waals surface area contributed by atoms with Gasteiger partial charge in [-0.05, 0) is 19.3 Å². The van der Waals surface area contributed by atoms with E-state index in [1.807, 2.05) is 0 Å². The molecule has 1 atom stereocenters. The van der Waals surface area contributed by atoms with Gasteiger partial charge in [0.25, 0.3) is 0 Å². The molecule has 0 bridgehead atoms. The quantitative estimate of drug-likeness (QED) is 0.358. The molecule has 0 aromatic heterocycles. The van der Waals surface area contributed by atoms with Gasteiger partial charge in [0.05, 0.1) is 12.7 Å². The maximum Gasteiger partial charge on any atom is 0.156 e. The Hall–Kier alpha value is -0.0200. The van der Waals surface area contributed by atoms with E-state index in [4.69, 9.17) is 0 Å². The second-order valence-electron chi connectivity index (χ2n) is 7.79. The summed E-state index contributed by atoms with van der Waals surface area (Å²) in [6, 6.07) is 0. The number of hydrogen-bond donors (Lipinski definition) is 1. The molecule has 0 saturated carbocycles. The molecule has 0 saturated heterocycles. The van der Waals surface area contributed by atoms with Crippen molar-refractivity contribution >= 4 is 0 Å². The van der Waals surface area contributed by atoms with E-state index in [0.29, 0.717) is 0 Å². The first-order valence-electron chi connectivity index (χ1n) is 11.1. The van der Waals surface area contributed by atoms with Crippen LogP contribution in [0.1, 0.15) is 110 Å². The molecular weight excluding hydrogens is 372 g/mol. The third-order valence-corrected chi connectivity index (χ3v) is 5.29. The van der Waals surface area contributed by atoms with Gasteiger partial charge in [0.15, 0.2) is 6.67 Å². The Kier molecular flexibility index (Phi) is 18.7. The average molecular weight is 418 g/mol. The van der Waals surface area contributed by atoms with Gasteiger partial charge in [0.1, 0.15) is 6.20 Å². The molecule has 1 rings (SSSR count). The Balaban J connectivity index is 0.00000576. The molecule has 1 aliphatic rings. The molecule has 0 aromatic carbocycles. The summed E-state index contributed by atoms with van der Waals surface area (Å²) >= 11 is 0. The third-order valence-electron chi connectivity index (χ3n) is 5.29. The van der Waals surface area contributed by atoms with Crippen LogP contribution in [0.2, 0.25) is 0 Å². The number of hydrogen-bond acceptors (Lipinski definition) is 1. The zero-order chi connectivity index (χ0) is 17.3. The largest absolute Gasteiger partial charge is 1.00 e. The van der Waals surface area contributed by atoms with Crippen molar-refractivity contribution in [3.05, 3.63) is 12.4 Å². The molecule has 0 spiro atoms. The van der Waals surface area contributed by atoms with Crippen LogP contribution in [0, 0.1) is 0 Å². The summed E-state index contributed by atoms with van der Waals surface area (Å²) in [5.41, 5.74) is 0. The topological polar surface area (TPSA) is 7.68 Å². The normalized spacial score (nSPS) is 16.4. The highest BCUT2D eigenvalue weighted by Crippen LogP contribution is 2.12. The second kappa shape index (κ2) is 18.8. The maximum atomic E-state index is 2.46. The molecule has 0 aliphatic carbocycles. The van der Waals surface area contributed by atoms with Crippen LogP contribution in [0.3, 0.4) is 0 Å². The first kappa shape index (κ1) is 25.0. The lowest BCUT2D eigenvalue weighted by molar-refractivity contribution is -0.849. The van der Waals surface area contributed by atoms with E-state index in [1.165, 1.54) is 116 Å². The van der Waals surface area contributed by atoms with Crippen LogP contribution in [0.5, 0.6) is 0 Å². The SMILES string of the molecule is CCCCCCCCCCCCCCCC[NH+]1C=CN(CCC)C1.[Br-]. The summed E-state index contributed by atoms with van der Waals surface area (Å²) in [6.45, 7) is 8.31. The van der Waals surface area contributed by atoms with Crippen LogP contribution in [-0.4, -0.2) is 24.7 Å². The molecule has 1 aliphatic heterocycles. The van der Waals surface area contributed by atoms with Gasteiger partial charge < -0.3 is 21.9 Å². The molecule has 25 heavy (non-hydrogen) atoms. The highest BCUT2D eigenvalue weighted by atomic mass is 79.9. The predicted molar refractivity (Wildman–Crippen MR) is 107 cm³/mol. The van der Waals surface area contributed by atoms with E-state index in [9.17, 15) is 0 Å². The number of halogens is 1. The lowest BCUT2D eigenvalue weighted by Gasteiger charge is -2.16. The molecule has 3 heteroatoms. The molecule has 2 nitrogen and oxygen atoms in total. The zero-order valence-electron chi connectivity index (χ0n) is 17.2. The number of quaternary nitrogens is 1. The van der Waals surface area contributed by atoms with Crippen LogP contribution >= 0.6 is 0 Å². The van der Waals surface area contributed by atoms with E-state index in [0.717, 1.165) is 0 Å². The molecule has 1 N–H and O–H groups in total.